The van der Waals surface area contributed by atoms with Gasteiger partial charge < -0.3 is 14.6 Å². The number of ether oxygens (including phenoxy) is 1. The molecule has 5 heteroatoms. The predicted octanol–water partition coefficient (Wildman–Crippen LogP) is 7.45. The first-order valence-corrected chi connectivity index (χ1v) is 14.4. The minimum absolute atomic E-state index is 0.119. The number of nitrogens with zero attached hydrogens (tertiary/aromatic N) is 2. The van der Waals surface area contributed by atoms with Gasteiger partial charge in [0.15, 0.2) is 0 Å². The fraction of sp³-hybridized carbons (Fsp3) is 0.314. The second-order valence-corrected chi connectivity index (χ2v) is 11.2. The third-order valence-electron chi connectivity index (χ3n) is 8.50. The molecule has 40 heavy (non-hydrogen) atoms. The summed E-state index contributed by atoms with van der Waals surface area (Å²) in [5.41, 5.74) is 7.90. The maximum Gasteiger partial charge on any atom is 0.228 e. The second-order valence-electron chi connectivity index (χ2n) is 11.2. The number of aromatic nitrogens is 2. The van der Waals surface area contributed by atoms with Crippen LogP contribution in [-0.2, 0) is 17.9 Å². The van der Waals surface area contributed by atoms with Gasteiger partial charge >= 0.3 is 0 Å². The number of para-hydroxylation sites is 1. The van der Waals surface area contributed by atoms with Crippen molar-refractivity contribution in [1.29, 1.82) is 0 Å². The maximum atomic E-state index is 13.6. The van der Waals surface area contributed by atoms with Crippen molar-refractivity contribution in [2.45, 2.75) is 58.5 Å². The number of benzene rings is 3. The molecular weight excluding hydrogens is 494 g/mol. The molecule has 6 rings (SSSR count). The van der Waals surface area contributed by atoms with Crippen LogP contribution in [0.3, 0.4) is 0 Å². The number of aryl methyl sites for hydroxylation is 2. The van der Waals surface area contributed by atoms with Crippen molar-refractivity contribution in [3.63, 3.8) is 0 Å². The van der Waals surface area contributed by atoms with Gasteiger partial charge in [-0.2, -0.15) is 0 Å². The Labute approximate surface area is 236 Å². The molecule has 1 fully saturated rings. The highest BCUT2D eigenvalue weighted by Crippen LogP contribution is 2.38. The summed E-state index contributed by atoms with van der Waals surface area (Å²) in [5, 5.41) is 5.70. The van der Waals surface area contributed by atoms with E-state index in [1.807, 2.05) is 24.3 Å². The highest BCUT2D eigenvalue weighted by Gasteiger charge is 2.32. The van der Waals surface area contributed by atoms with Crippen molar-refractivity contribution in [1.82, 2.24) is 14.9 Å². The fourth-order valence-corrected chi connectivity index (χ4v) is 6.52. The Morgan fingerprint density at radius 1 is 0.975 bits per heavy atom. The highest BCUT2D eigenvalue weighted by atomic mass is 16.5. The van der Waals surface area contributed by atoms with E-state index in [-0.39, 0.29) is 11.8 Å². The van der Waals surface area contributed by atoms with E-state index in [0.29, 0.717) is 12.5 Å². The normalized spacial score (nSPS) is 14.6. The molecule has 204 valence electrons. The molecule has 0 saturated heterocycles. The molecule has 0 aliphatic heterocycles. The number of nitrogens with one attached hydrogen (secondary N) is 1. The first kappa shape index (κ1) is 26.1. The van der Waals surface area contributed by atoms with Crippen LogP contribution in [0.2, 0.25) is 0 Å². The van der Waals surface area contributed by atoms with Crippen LogP contribution < -0.4 is 10.1 Å². The predicted molar refractivity (Wildman–Crippen MR) is 162 cm³/mol. The summed E-state index contributed by atoms with van der Waals surface area (Å²) in [7, 11) is 1.66. The third-order valence-corrected chi connectivity index (χ3v) is 8.50. The quantitative estimate of drug-likeness (QED) is 0.226. The Morgan fingerprint density at radius 2 is 1.68 bits per heavy atom. The van der Waals surface area contributed by atoms with E-state index in [1.165, 1.54) is 40.3 Å². The van der Waals surface area contributed by atoms with Crippen molar-refractivity contribution < 1.29 is 9.53 Å². The van der Waals surface area contributed by atoms with E-state index in [9.17, 15) is 4.79 Å². The molecule has 1 amide bonds. The van der Waals surface area contributed by atoms with Gasteiger partial charge in [0.05, 0.1) is 18.5 Å². The van der Waals surface area contributed by atoms with Crippen LogP contribution >= 0.6 is 0 Å². The van der Waals surface area contributed by atoms with Crippen LogP contribution in [0, 0.1) is 19.8 Å². The third kappa shape index (κ3) is 5.08. The molecule has 1 saturated carbocycles. The zero-order chi connectivity index (χ0) is 27.6. The summed E-state index contributed by atoms with van der Waals surface area (Å²) >= 11 is 0. The topological polar surface area (TPSA) is 56.1 Å². The summed E-state index contributed by atoms with van der Waals surface area (Å²) in [6, 6.07) is 27.3. The van der Waals surface area contributed by atoms with Crippen LogP contribution in [0.25, 0.3) is 21.9 Å². The van der Waals surface area contributed by atoms with Crippen molar-refractivity contribution in [3.8, 4) is 5.75 Å². The number of methoxy groups -OCH3 is 1. The SMILES string of the molecule is COc1ccc(CNC(=O)[C@H](c2ccc(Cn3c4ccccc4c4c(C)cc(C)nc43)cc2)C2CCCC2)cc1. The highest BCUT2D eigenvalue weighted by molar-refractivity contribution is 6.08. The summed E-state index contributed by atoms with van der Waals surface area (Å²) < 4.78 is 7.59. The lowest BCUT2D eigenvalue weighted by atomic mass is 9.83. The number of rotatable bonds is 8. The number of hydrogen-bond acceptors (Lipinski definition) is 3. The van der Waals surface area contributed by atoms with Gasteiger partial charge in [0.1, 0.15) is 11.4 Å². The molecule has 0 bridgehead atoms. The van der Waals surface area contributed by atoms with E-state index < -0.39 is 0 Å². The monoisotopic (exact) mass is 531 g/mol. The van der Waals surface area contributed by atoms with Gasteiger partial charge in [-0.3, -0.25) is 4.79 Å². The molecular formula is C35H37N3O2. The van der Waals surface area contributed by atoms with E-state index in [2.05, 4.69) is 78.3 Å². The molecule has 3 aromatic carbocycles. The molecule has 5 nitrogen and oxygen atoms in total. The number of fused-ring (bicyclic) bond motifs is 3. The lowest BCUT2D eigenvalue weighted by molar-refractivity contribution is -0.123. The number of carbonyl (C=O) groups excluding carboxylic acids is 1. The average Bonchev–Trinajstić information content (AvgIpc) is 3.60. The van der Waals surface area contributed by atoms with Gasteiger partial charge in [-0.25, -0.2) is 4.98 Å². The lowest BCUT2D eigenvalue weighted by Crippen LogP contribution is -2.32. The van der Waals surface area contributed by atoms with E-state index in [0.717, 1.165) is 47.6 Å². The van der Waals surface area contributed by atoms with E-state index >= 15 is 0 Å². The largest absolute Gasteiger partial charge is 0.497 e. The van der Waals surface area contributed by atoms with E-state index in [4.69, 9.17) is 9.72 Å². The van der Waals surface area contributed by atoms with Gasteiger partial charge in [0.2, 0.25) is 5.91 Å². The Kier molecular flexibility index (Phi) is 7.29. The Hall–Kier alpha value is -4.12. The molecule has 0 spiro atoms. The van der Waals surface area contributed by atoms with Crippen LogP contribution in [-0.4, -0.2) is 22.6 Å². The van der Waals surface area contributed by atoms with Gasteiger partial charge in [0, 0.05) is 29.6 Å². The van der Waals surface area contributed by atoms with Gasteiger partial charge in [-0.05, 0) is 79.1 Å². The van der Waals surface area contributed by atoms with Crippen molar-refractivity contribution in [3.05, 3.63) is 107 Å². The summed E-state index contributed by atoms with van der Waals surface area (Å²) in [5.74, 6) is 1.19. The number of hydrogen-bond donors (Lipinski definition) is 1. The Morgan fingerprint density at radius 3 is 2.40 bits per heavy atom. The maximum absolute atomic E-state index is 13.6. The van der Waals surface area contributed by atoms with Crippen LogP contribution in [0.5, 0.6) is 5.75 Å². The van der Waals surface area contributed by atoms with Gasteiger partial charge in [-0.1, -0.05) is 67.4 Å². The lowest BCUT2D eigenvalue weighted by Gasteiger charge is -2.23. The molecule has 5 aromatic rings. The standard InChI is InChI=1S/C35H37N3O2/c1-23-20-24(2)37-34-32(23)30-10-6-7-11-31(30)38(34)22-26-12-16-28(17-13-26)33(27-8-4-5-9-27)35(39)36-21-25-14-18-29(40-3)19-15-25/h6-7,10-20,27,33H,4-5,8-9,21-22H2,1-3H3,(H,36,39)/t33-/m0/s1. The van der Waals surface area contributed by atoms with Crippen molar-refractivity contribution >= 4 is 27.8 Å². The average molecular weight is 532 g/mol. The first-order chi connectivity index (χ1) is 19.5. The number of amides is 1. The molecule has 1 atom stereocenters. The Bertz CT molecular complexity index is 1650. The van der Waals surface area contributed by atoms with Crippen LogP contribution in [0.4, 0.5) is 0 Å². The van der Waals surface area contributed by atoms with Gasteiger partial charge in [0.25, 0.3) is 0 Å². The fourth-order valence-electron chi connectivity index (χ4n) is 6.52. The second kappa shape index (κ2) is 11.2. The molecule has 2 aromatic heterocycles. The first-order valence-electron chi connectivity index (χ1n) is 14.4. The van der Waals surface area contributed by atoms with E-state index in [1.54, 1.807) is 7.11 Å². The number of carbonyl (C=O) groups is 1. The zero-order valence-electron chi connectivity index (χ0n) is 23.6. The molecule has 0 radical (unpaired) electrons. The molecule has 2 heterocycles. The minimum Gasteiger partial charge on any atom is -0.497 e. The smallest absolute Gasteiger partial charge is 0.228 e. The summed E-state index contributed by atoms with van der Waals surface area (Å²) in [6.07, 6.45) is 4.61. The molecule has 1 aliphatic rings. The molecule has 0 unspecified atom stereocenters. The molecule has 1 aliphatic carbocycles. The van der Waals surface area contributed by atoms with Crippen LogP contribution in [0.15, 0.2) is 78.9 Å². The minimum atomic E-state index is -0.130. The zero-order valence-corrected chi connectivity index (χ0v) is 23.6. The number of pyridine rings is 1. The van der Waals surface area contributed by atoms with Crippen LogP contribution in [0.1, 0.15) is 59.5 Å². The summed E-state index contributed by atoms with van der Waals surface area (Å²) in [6.45, 7) is 5.49. The summed E-state index contributed by atoms with van der Waals surface area (Å²) in [4.78, 5) is 18.5. The molecule has 1 N–H and O–H groups in total. The van der Waals surface area contributed by atoms with Gasteiger partial charge in [-0.15, -0.1) is 0 Å². The van der Waals surface area contributed by atoms with Crippen molar-refractivity contribution in [2.75, 3.05) is 7.11 Å². The Balaban J connectivity index is 1.26. The van der Waals surface area contributed by atoms with Crippen molar-refractivity contribution in [2.24, 2.45) is 5.92 Å².